The molecule has 4 nitrogen and oxygen atoms in total. The molecule has 3 aromatic rings. The Hall–Kier alpha value is -1.21. The highest BCUT2D eigenvalue weighted by Gasteiger charge is 2.41. The molecule has 1 aliphatic heterocycles. The Balaban J connectivity index is 1.43. The molecule has 1 aliphatic rings. The smallest absolute Gasteiger partial charge is 0.187 e. The van der Waals surface area contributed by atoms with Crippen LogP contribution in [0.5, 0.6) is 0 Å². The molecule has 2 atom stereocenters. The predicted octanol–water partition coefficient (Wildman–Crippen LogP) is 6.69. The lowest BCUT2D eigenvalue weighted by atomic mass is 10.0. The van der Waals surface area contributed by atoms with Gasteiger partial charge in [0.05, 0.1) is 35.6 Å². The van der Waals surface area contributed by atoms with Gasteiger partial charge in [0.2, 0.25) is 0 Å². The second kappa shape index (κ2) is 10.2. The molecular weight excluding hydrogens is 475 g/mol. The van der Waals surface area contributed by atoms with Gasteiger partial charge in [-0.15, -0.1) is 11.8 Å². The Morgan fingerprint density at radius 2 is 1.90 bits per heavy atom. The largest absolute Gasteiger partial charge is 0.345 e. The second-order valence-electron chi connectivity index (χ2n) is 7.69. The van der Waals surface area contributed by atoms with Gasteiger partial charge in [-0.05, 0) is 31.0 Å². The summed E-state index contributed by atoms with van der Waals surface area (Å²) in [5, 5.41) is 1.62. The molecule has 1 aromatic heterocycles. The van der Waals surface area contributed by atoms with Crippen molar-refractivity contribution in [3.05, 3.63) is 81.3 Å². The Labute approximate surface area is 201 Å². The van der Waals surface area contributed by atoms with Crippen molar-refractivity contribution in [2.75, 3.05) is 12.4 Å². The van der Waals surface area contributed by atoms with Crippen LogP contribution in [-0.2, 0) is 22.4 Å². The van der Waals surface area contributed by atoms with Crippen molar-refractivity contribution >= 4 is 46.6 Å². The standard InChI is InChI=1S/C23H23Cl3N2O2S/c1-16-2-4-17(5-3-16)6-7-23(14-28-9-8-27-15-28)29-12-19(30-23)13-31-22-20(25)10-18(24)11-21(22)26/h2-5,8-11,15,19H,6-7,12-14H2,1H3. The van der Waals surface area contributed by atoms with E-state index in [4.69, 9.17) is 44.3 Å². The fraction of sp³-hybridized carbons (Fsp3) is 0.348. The number of hydrogen-bond acceptors (Lipinski definition) is 4. The van der Waals surface area contributed by atoms with Crippen LogP contribution in [0, 0.1) is 6.92 Å². The number of aryl methyl sites for hydroxylation is 2. The third-order valence-electron chi connectivity index (χ3n) is 5.19. The minimum atomic E-state index is -0.704. The van der Waals surface area contributed by atoms with E-state index in [9.17, 15) is 0 Å². The number of halogens is 3. The van der Waals surface area contributed by atoms with Crippen LogP contribution in [0.25, 0.3) is 0 Å². The Bertz CT molecular complexity index is 991. The second-order valence-corrected chi connectivity index (χ2v) is 9.97. The Kier molecular flexibility index (Phi) is 7.52. The average Bonchev–Trinajstić information content (AvgIpc) is 3.37. The summed E-state index contributed by atoms with van der Waals surface area (Å²) in [6.45, 7) is 3.19. The van der Waals surface area contributed by atoms with E-state index in [0.717, 1.165) is 17.7 Å². The molecule has 2 heterocycles. The monoisotopic (exact) mass is 496 g/mol. The molecule has 1 fully saturated rings. The molecule has 0 bridgehead atoms. The molecule has 0 radical (unpaired) electrons. The number of benzene rings is 2. The van der Waals surface area contributed by atoms with Crippen LogP contribution in [0.15, 0.2) is 60.0 Å². The molecule has 164 valence electrons. The fourth-order valence-corrected chi connectivity index (χ4v) is 5.64. The van der Waals surface area contributed by atoms with Crippen LogP contribution in [0.3, 0.4) is 0 Å². The topological polar surface area (TPSA) is 36.3 Å². The zero-order chi connectivity index (χ0) is 21.8. The van der Waals surface area contributed by atoms with Crippen molar-refractivity contribution in [2.45, 2.75) is 43.1 Å². The van der Waals surface area contributed by atoms with Gasteiger partial charge in [-0.2, -0.15) is 0 Å². The van der Waals surface area contributed by atoms with E-state index in [1.54, 1.807) is 36.4 Å². The molecule has 31 heavy (non-hydrogen) atoms. The lowest BCUT2D eigenvalue weighted by Crippen LogP contribution is -2.37. The molecule has 0 amide bonds. The van der Waals surface area contributed by atoms with Crippen LogP contribution in [-0.4, -0.2) is 33.8 Å². The molecule has 2 unspecified atom stereocenters. The van der Waals surface area contributed by atoms with E-state index in [1.165, 1.54) is 11.1 Å². The number of rotatable bonds is 8. The van der Waals surface area contributed by atoms with E-state index < -0.39 is 5.79 Å². The van der Waals surface area contributed by atoms with Gasteiger partial charge in [-0.25, -0.2) is 4.98 Å². The summed E-state index contributed by atoms with van der Waals surface area (Å²) < 4.78 is 14.8. The normalized spacial score (nSPS) is 21.0. The van der Waals surface area contributed by atoms with Crippen LogP contribution in [0.2, 0.25) is 15.1 Å². The molecule has 2 aromatic carbocycles. The molecule has 4 rings (SSSR count). The highest BCUT2D eigenvalue weighted by molar-refractivity contribution is 7.99. The van der Waals surface area contributed by atoms with Gasteiger partial charge in [0.15, 0.2) is 5.79 Å². The predicted molar refractivity (Wildman–Crippen MR) is 127 cm³/mol. The van der Waals surface area contributed by atoms with Gasteiger partial charge in [0.1, 0.15) is 0 Å². The van der Waals surface area contributed by atoms with Crippen LogP contribution < -0.4 is 0 Å². The van der Waals surface area contributed by atoms with Crippen LogP contribution >= 0.6 is 46.6 Å². The number of imidazole rings is 1. The maximum Gasteiger partial charge on any atom is 0.187 e. The SMILES string of the molecule is Cc1ccc(CCC2(Cn3ccnc3)OCC(CSc3c(Cl)cc(Cl)cc3Cl)O2)cc1. The molecule has 0 saturated carbocycles. The number of hydrogen-bond donors (Lipinski definition) is 0. The van der Waals surface area contributed by atoms with E-state index in [-0.39, 0.29) is 6.10 Å². The lowest BCUT2D eigenvalue weighted by molar-refractivity contribution is -0.180. The zero-order valence-electron chi connectivity index (χ0n) is 17.1. The molecular formula is C23H23Cl3N2O2S. The third-order valence-corrected chi connectivity index (χ3v) is 7.49. The molecule has 0 N–H and O–H groups in total. The van der Waals surface area contributed by atoms with Crippen molar-refractivity contribution in [3.63, 3.8) is 0 Å². The highest BCUT2D eigenvalue weighted by Crippen LogP contribution is 2.39. The van der Waals surface area contributed by atoms with E-state index in [0.29, 0.717) is 34.0 Å². The molecule has 8 heteroatoms. The lowest BCUT2D eigenvalue weighted by Gasteiger charge is -2.28. The van der Waals surface area contributed by atoms with Crippen molar-refractivity contribution in [3.8, 4) is 0 Å². The Morgan fingerprint density at radius 1 is 1.16 bits per heavy atom. The highest BCUT2D eigenvalue weighted by atomic mass is 35.5. The van der Waals surface area contributed by atoms with Gasteiger partial charge >= 0.3 is 0 Å². The minimum Gasteiger partial charge on any atom is -0.345 e. The first-order chi connectivity index (χ1) is 14.9. The van der Waals surface area contributed by atoms with E-state index in [2.05, 4.69) is 36.2 Å². The maximum absolute atomic E-state index is 6.49. The van der Waals surface area contributed by atoms with Crippen molar-refractivity contribution in [1.29, 1.82) is 0 Å². The van der Waals surface area contributed by atoms with Crippen molar-refractivity contribution in [2.24, 2.45) is 0 Å². The van der Waals surface area contributed by atoms with Gasteiger partial charge in [0, 0.05) is 34.5 Å². The molecule has 0 aliphatic carbocycles. The third kappa shape index (κ3) is 5.98. The number of ether oxygens (including phenoxy) is 2. The molecule has 0 spiro atoms. The quantitative estimate of drug-likeness (QED) is 0.325. The summed E-state index contributed by atoms with van der Waals surface area (Å²) in [6, 6.07) is 12.0. The summed E-state index contributed by atoms with van der Waals surface area (Å²) in [5.74, 6) is -0.0261. The van der Waals surface area contributed by atoms with Crippen molar-refractivity contribution < 1.29 is 9.47 Å². The summed E-state index contributed by atoms with van der Waals surface area (Å²) in [6.07, 6.45) is 7.02. The molecule has 1 saturated heterocycles. The van der Waals surface area contributed by atoms with Crippen LogP contribution in [0.1, 0.15) is 17.5 Å². The first-order valence-corrected chi connectivity index (χ1v) is 12.1. The summed E-state index contributed by atoms with van der Waals surface area (Å²) >= 11 is 20.2. The minimum absolute atomic E-state index is 0.0747. The van der Waals surface area contributed by atoms with Crippen LogP contribution in [0.4, 0.5) is 0 Å². The summed E-state index contributed by atoms with van der Waals surface area (Å²) in [4.78, 5) is 4.96. The maximum atomic E-state index is 6.49. The van der Waals surface area contributed by atoms with Crippen molar-refractivity contribution in [1.82, 2.24) is 9.55 Å². The first-order valence-electron chi connectivity index (χ1n) is 10.0. The number of thioether (sulfide) groups is 1. The number of nitrogens with zero attached hydrogens (tertiary/aromatic N) is 2. The van der Waals surface area contributed by atoms with Gasteiger partial charge in [-0.1, -0.05) is 64.6 Å². The van der Waals surface area contributed by atoms with Gasteiger partial charge in [0.25, 0.3) is 0 Å². The average molecular weight is 498 g/mol. The Morgan fingerprint density at radius 3 is 2.58 bits per heavy atom. The van der Waals surface area contributed by atoms with E-state index >= 15 is 0 Å². The summed E-state index contributed by atoms with van der Waals surface area (Å²) in [7, 11) is 0. The fourth-order valence-electron chi connectivity index (χ4n) is 3.58. The first kappa shape index (κ1) is 23.0. The summed E-state index contributed by atoms with van der Waals surface area (Å²) in [5.41, 5.74) is 2.52. The van der Waals surface area contributed by atoms with Gasteiger partial charge in [-0.3, -0.25) is 0 Å². The van der Waals surface area contributed by atoms with E-state index in [1.807, 2.05) is 10.8 Å². The number of aromatic nitrogens is 2. The van der Waals surface area contributed by atoms with Gasteiger partial charge < -0.3 is 14.0 Å². The zero-order valence-corrected chi connectivity index (χ0v) is 20.1.